The average molecular weight is 413 g/mol. The van der Waals surface area contributed by atoms with Gasteiger partial charge >= 0.3 is 5.97 Å². The number of carboxylic acid groups (broad SMARTS) is 1. The fourth-order valence-corrected chi connectivity index (χ4v) is 4.37. The number of carboxylic acids is 1. The van der Waals surface area contributed by atoms with E-state index in [1.165, 1.54) is 13.2 Å². The van der Waals surface area contributed by atoms with Gasteiger partial charge in [-0.15, -0.1) is 0 Å². The van der Waals surface area contributed by atoms with Crippen LogP contribution >= 0.6 is 11.6 Å². The van der Waals surface area contributed by atoms with E-state index in [0.29, 0.717) is 22.0 Å². The maximum absolute atomic E-state index is 11.6. The third-order valence-electron chi connectivity index (χ3n) is 5.51. The molecule has 0 amide bonds. The predicted molar refractivity (Wildman–Crippen MR) is 106 cm³/mol. The van der Waals surface area contributed by atoms with Gasteiger partial charge in [0.15, 0.2) is 6.61 Å². The molecule has 1 aliphatic heterocycles. The van der Waals surface area contributed by atoms with Crippen LogP contribution in [0.5, 0.6) is 5.75 Å². The summed E-state index contributed by atoms with van der Waals surface area (Å²) in [6.45, 7) is -0.152. The Morgan fingerprint density at radius 1 is 1.21 bits per heavy atom. The van der Waals surface area contributed by atoms with Gasteiger partial charge < -0.3 is 24.7 Å². The maximum Gasteiger partial charge on any atom is 0.343 e. The standard InChI is InChI=1S/C22H20ClNO5/c1-28-18(25)11-29-13-7-5-12(6-8-13)20-15-4-2-3-14(15)19-16(22(26)27)9-10-17(23)21(19)24-20/h2-3,5-10,14-15,20,24H,4,11H2,1H3,(H,26,27)/p-1/t14-,15-,20+/m1/s1. The van der Waals surface area contributed by atoms with E-state index in [1.54, 1.807) is 18.2 Å². The van der Waals surface area contributed by atoms with Crippen LogP contribution in [0.2, 0.25) is 5.02 Å². The normalized spacial score (nSPS) is 21.7. The Labute approximate surface area is 173 Å². The van der Waals surface area contributed by atoms with Gasteiger partial charge in [-0.1, -0.05) is 42.0 Å². The van der Waals surface area contributed by atoms with Crippen LogP contribution < -0.4 is 15.2 Å². The second-order valence-electron chi connectivity index (χ2n) is 7.08. The summed E-state index contributed by atoms with van der Waals surface area (Å²) in [7, 11) is 1.31. The van der Waals surface area contributed by atoms with Gasteiger partial charge in [0, 0.05) is 11.5 Å². The molecule has 4 rings (SSSR count). The molecule has 7 heteroatoms. The zero-order valence-electron chi connectivity index (χ0n) is 15.7. The predicted octanol–water partition coefficient (Wildman–Crippen LogP) is 3.08. The molecule has 0 saturated carbocycles. The molecular weight excluding hydrogens is 394 g/mol. The maximum atomic E-state index is 11.6. The number of carbonyl (C=O) groups excluding carboxylic acids is 2. The SMILES string of the molecule is COC(=O)COc1ccc([C@@H]2Nc3c(Cl)ccc(C(=O)[O-])c3[C@@H]3C=CC[C@H]32)cc1. The Bertz CT molecular complexity index is 985. The molecule has 0 bridgehead atoms. The van der Waals surface area contributed by atoms with Crippen molar-refractivity contribution in [3.63, 3.8) is 0 Å². The molecule has 0 unspecified atom stereocenters. The summed E-state index contributed by atoms with van der Waals surface area (Å²) in [4.78, 5) is 22.9. The van der Waals surface area contributed by atoms with E-state index in [1.807, 2.05) is 18.2 Å². The highest BCUT2D eigenvalue weighted by atomic mass is 35.5. The lowest BCUT2D eigenvalue weighted by Crippen LogP contribution is -2.33. The number of rotatable bonds is 5. The summed E-state index contributed by atoms with van der Waals surface area (Å²) in [6.07, 6.45) is 4.95. The van der Waals surface area contributed by atoms with Crippen LogP contribution in [0.1, 0.15) is 39.9 Å². The number of methoxy groups -OCH3 is 1. The van der Waals surface area contributed by atoms with Gasteiger partial charge in [0.1, 0.15) is 5.75 Å². The number of aromatic carboxylic acids is 1. The molecule has 2 aromatic rings. The second-order valence-corrected chi connectivity index (χ2v) is 7.49. The summed E-state index contributed by atoms with van der Waals surface area (Å²) in [5.41, 5.74) is 2.51. The van der Waals surface area contributed by atoms with Crippen LogP contribution in [0.4, 0.5) is 5.69 Å². The molecule has 29 heavy (non-hydrogen) atoms. The number of allylic oxidation sites excluding steroid dienone is 2. The zero-order chi connectivity index (χ0) is 20.5. The number of benzene rings is 2. The number of nitrogens with one attached hydrogen (secondary N) is 1. The van der Waals surface area contributed by atoms with E-state index in [2.05, 4.69) is 16.1 Å². The molecule has 1 heterocycles. The van der Waals surface area contributed by atoms with Crippen LogP contribution in [-0.4, -0.2) is 25.7 Å². The number of fused-ring (bicyclic) bond motifs is 3. The Balaban J connectivity index is 1.65. The van der Waals surface area contributed by atoms with Crippen molar-refractivity contribution in [1.82, 2.24) is 0 Å². The highest BCUT2D eigenvalue weighted by molar-refractivity contribution is 6.33. The molecule has 2 aliphatic rings. The number of carbonyl (C=O) groups is 2. The molecule has 0 spiro atoms. The Kier molecular flexibility index (Phi) is 5.20. The van der Waals surface area contributed by atoms with Crippen molar-refractivity contribution in [3.05, 3.63) is 70.3 Å². The minimum Gasteiger partial charge on any atom is -0.545 e. The number of hydrogen-bond donors (Lipinski definition) is 1. The van der Waals surface area contributed by atoms with Crippen LogP contribution in [-0.2, 0) is 9.53 Å². The molecule has 3 atom stereocenters. The van der Waals surface area contributed by atoms with Crippen molar-refractivity contribution in [3.8, 4) is 5.75 Å². The number of esters is 1. The molecular formula is C22H19ClNO5-. The van der Waals surface area contributed by atoms with E-state index < -0.39 is 11.9 Å². The van der Waals surface area contributed by atoms with E-state index in [4.69, 9.17) is 16.3 Å². The van der Waals surface area contributed by atoms with E-state index >= 15 is 0 Å². The fourth-order valence-electron chi connectivity index (χ4n) is 4.15. The zero-order valence-corrected chi connectivity index (χ0v) is 16.4. The third kappa shape index (κ3) is 3.56. The van der Waals surface area contributed by atoms with Crippen molar-refractivity contribution in [2.45, 2.75) is 18.4 Å². The first-order chi connectivity index (χ1) is 14.0. The van der Waals surface area contributed by atoms with Gasteiger partial charge in [0.2, 0.25) is 0 Å². The van der Waals surface area contributed by atoms with Crippen LogP contribution in [0, 0.1) is 5.92 Å². The number of anilines is 1. The van der Waals surface area contributed by atoms with Crippen molar-refractivity contribution in [1.29, 1.82) is 0 Å². The van der Waals surface area contributed by atoms with Crippen LogP contribution in [0.15, 0.2) is 48.6 Å². The first-order valence-electron chi connectivity index (χ1n) is 9.26. The van der Waals surface area contributed by atoms with Crippen LogP contribution in [0.25, 0.3) is 0 Å². The number of ether oxygens (including phenoxy) is 2. The first-order valence-corrected chi connectivity index (χ1v) is 9.64. The summed E-state index contributed by atoms with van der Waals surface area (Å²) in [5, 5.41) is 15.6. The molecule has 150 valence electrons. The highest BCUT2D eigenvalue weighted by Gasteiger charge is 2.40. The first kappa shape index (κ1) is 19.3. The van der Waals surface area contributed by atoms with Gasteiger partial charge in [-0.2, -0.15) is 0 Å². The van der Waals surface area contributed by atoms with E-state index in [-0.39, 0.29) is 30.0 Å². The lowest BCUT2D eigenvalue weighted by Gasteiger charge is -2.39. The summed E-state index contributed by atoms with van der Waals surface area (Å²) >= 11 is 6.41. The molecule has 0 saturated heterocycles. The van der Waals surface area contributed by atoms with Crippen molar-refractivity contribution in [2.24, 2.45) is 5.92 Å². The molecule has 1 N–H and O–H groups in total. The Morgan fingerprint density at radius 2 is 1.97 bits per heavy atom. The van der Waals surface area contributed by atoms with Gasteiger partial charge in [0.25, 0.3) is 0 Å². The van der Waals surface area contributed by atoms with Crippen molar-refractivity contribution in [2.75, 3.05) is 19.0 Å². The van der Waals surface area contributed by atoms with Gasteiger partial charge in [0.05, 0.1) is 29.8 Å². The average Bonchev–Trinajstić information content (AvgIpc) is 3.22. The molecule has 0 radical (unpaired) electrons. The largest absolute Gasteiger partial charge is 0.545 e. The topological polar surface area (TPSA) is 87.7 Å². The molecule has 1 aliphatic carbocycles. The number of halogens is 1. The van der Waals surface area contributed by atoms with Gasteiger partial charge in [-0.05, 0) is 41.7 Å². The lowest BCUT2D eigenvalue weighted by molar-refractivity contribution is -0.255. The van der Waals surface area contributed by atoms with E-state index in [9.17, 15) is 14.7 Å². The Morgan fingerprint density at radius 3 is 2.66 bits per heavy atom. The minimum absolute atomic E-state index is 0.0494. The summed E-state index contributed by atoms with van der Waals surface area (Å²) in [6, 6.07) is 10.5. The summed E-state index contributed by atoms with van der Waals surface area (Å²) < 4.78 is 9.97. The molecule has 2 aromatic carbocycles. The Hall–Kier alpha value is -2.99. The monoisotopic (exact) mass is 412 g/mol. The van der Waals surface area contributed by atoms with Crippen molar-refractivity contribution >= 4 is 29.2 Å². The van der Waals surface area contributed by atoms with Gasteiger partial charge in [-0.25, -0.2) is 4.79 Å². The molecule has 0 fully saturated rings. The quantitative estimate of drug-likeness (QED) is 0.599. The summed E-state index contributed by atoms with van der Waals surface area (Å²) in [5.74, 6) is -0.991. The lowest BCUT2D eigenvalue weighted by atomic mass is 9.75. The second kappa shape index (κ2) is 7.79. The fraction of sp³-hybridized carbons (Fsp3) is 0.273. The highest BCUT2D eigenvalue weighted by Crippen LogP contribution is 2.52. The third-order valence-corrected chi connectivity index (χ3v) is 5.83. The minimum atomic E-state index is -1.20. The molecule has 6 nitrogen and oxygen atoms in total. The number of hydrogen-bond acceptors (Lipinski definition) is 6. The van der Waals surface area contributed by atoms with Crippen molar-refractivity contribution < 1.29 is 24.2 Å². The molecule has 0 aromatic heterocycles. The van der Waals surface area contributed by atoms with Gasteiger partial charge in [-0.3, -0.25) is 0 Å². The smallest absolute Gasteiger partial charge is 0.343 e. The van der Waals surface area contributed by atoms with E-state index in [0.717, 1.165) is 12.0 Å². The van der Waals surface area contributed by atoms with Crippen LogP contribution in [0.3, 0.4) is 0 Å².